The molecule has 0 unspecified atom stereocenters. The first-order valence-corrected chi connectivity index (χ1v) is 13.7. The zero-order valence-corrected chi connectivity index (χ0v) is 23.2. The number of carbonyl (C=O) groups excluding carboxylic acids is 4. The first kappa shape index (κ1) is 23.1. The molecule has 0 saturated carbocycles. The molecule has 7 rings (SSSR count). The minimum absolute atomic E-state index is 0.219. The molecule has 4 aliphatic heterocycles. The van der Waals surface area contributed by atoms with Gasteiger partial charge in [-0.3, -0.25) is 19.2 Å². The van der Waals surface area contributed by atoms with Crippen LogP contribution in [0.1, 0.15) is 30.6 Å². The van der Waals surface area contributed by atoms with E-state index < -0.39 is 0 Å². The predicted molar refractivity (Wildman–Crippen MR) is 152 cm³/mol. The molecule has 6 heterocycles. The molecule has 190 valence electrons. The highest BCUT2D eigenvalue weighted by atomic mass is 32.1. The van der Waals surface area contributed by atoms with Crippen molar-refractivity contribution in [2.24, 2.45) is 0 Å². The van der Waals surface area contributed by atoms with E-state index in [-0.39, 0.29) is 23.6 Å². The molecule has 3 aromatic rings. The van der Waals surface area contributed by atoms with Crippen LogP contribution in [0, 0.1) is 13.8 Å². The van der Waals surface area contributed by atoms with Gasteiger partial charge in [-0.15, -0.1) is 22.7 Å². The van der Waals surface area contributed by atoms with Crippen molar-refractivity contribution < 1.29 is 19.2 Å². The third kappa shape index (κ3) is 2.63. The molecule has 2 aromatic heterocycles. The molecule has 8 nitrogen and oxygen atoms in total. The van der Waals surface area contributed by atoms with Gasteiger partial charge in [0.05, 0.1) is 54.8 Å². The Morgan fingerprint density at radius 1 is 0.474 bits per heavy atom. The average molecular weight is 543 g/mol. The first-order chi connectivity index (χ1) is 18.0. The molecule has 0 N–H and O–H groups in total. The molecular formula is C28H22N4O4S2. The first-order valence-electron chi connectivity index (χ1n) is 12.0. The number of hydrogen-bond acceptors (Lipinski definition) is 6. The molecule has 0 bridgehead atoms. The number of aryl methyl sites for hydroxylation is 2. The lowest BCUT2D eigenvalue weighted by atomic mass is 9.95. The number of hydrogen-bond donors (Lipinski definition) is 0. The van der Waals surface area contributed by atoms with Gasteiger partial charge in [0, 0.05) is 49.1 Å². The van der Waals surface area contributed by atoms with Crippen molar-refractivity contribution in [3.05, 3.63) is 54.9 Å². The van der Waals surface area contributed by atoms with E-state index in [1.165, 1.54) is 32.5 Å². The Kier molecular flexibility index (Phi) is 4.44. The van der Waals surface area contributed by atoms with Gasteiger partial charge < -0.3 is 19.6 Å². The maximum Gasteiger partial charge on any atom is 0.260 e. The van der Waals surface area contributed by atoms with Gasteiger partial charge in [-0.25, -0.2) is 0 Å². The van der Waals surface area contributed by atoms with Crippen molar-refractivity contribution >= 4 is 91.3 Å². The van der Waals surface area contributed by atoms with E-state index in [4.69, 9.17) is 0 Å². The second kappa shape index (κ2) is 7.30. The Hall–Kier alpha value is -4.02. The van der Waals surface area contributed by atoms with Gasteiger partial charge in [-0.05, 0) is 38.1 Å². The molecule has 1 aromatic carbocycles. The molecule has 0 fully saturated rings. The van der Waals surface area contributed by atoms with E-state index in [1.54, 1.807) is 38.0 Å². The minimum atomic E-state index is -0.268. The van der Waals surface area contributed by atoms with Gasteiger partial charge in [-0.2, -0.15) is 0 Å². The summed E-state index contributed by atoms with van der Waals surface area (Å²) in [6, 6.07) is 7.54. The Balaban J connectivity index is 1.50. The fourth-order valence-electron chi connectivity index (χ4n) is 5.85. The molecule has 0 spiro atoms. The maximum atomic E-state index is 13.6. The zero-order chi connectivity index (χ0) is 26.9. The standard InChI is InChI=1S/C28H22N4O4S2/c1-11-7-17-23(37-11)21(27(35)31(17)5)19-13-9-16-14(10-15(13)29(3)25(19)33)20(26(34)30(16)4)22-24-18(8-12(2)38-24)32(6)28(22)36/h7-10H,1-6H3/b21-19+,22-20+. The lowest BCUT2D eigenvalue weighted by Gasteiger charge is -2.13. The van der Waals surface area contributed by atoms with Crippen molar-refractivity contribution in [1.29, 1.82) is 0 Å². The average Bonchev–Trinajstić information content (AvgIpc) is 3.66. The fraction of sp³-hybridized carbons (Fsp3) is 0.214. The topological polar surface area (TPSA) is 81.2 Å². The number of rotatable bonds is 0. The molecule has 4 amide bonds. The van der Waals surface area contributed by atoms with Crippen LogP contribution in [-0.2, 0) is 19.2 Å². The van der Waals surface area contributed by atoms with E-state index >= 15 is 0 Å². The molecule has 38 heavy (non-hydrogen) atoms. The van der Waals surface area contributed by atoms with E-state index in [1.807, 2.05) is 38.1 Å². The smallest absolute Gasteiger partial charge is 0.260 e. The molecule has 0 saturated heterocycles. The Labute approximate surface area is 226 Å². The van der Waals surface area contributed by atoms with Gasteiger partial charge in [-0.1, -0.05) is 0 Å². The SMILES string of the molecule is Cc1cc2c(s1)/C(=C1\C(=O)N(C)c3cc4c(cc31)N(C)C(=O)/C4=C1/C(=O)N(C)c3cc(C)sc31)C(=O)N2C. The van der Waals surface area contributed by atoms with Gasteiger partial charge in [0.1, 0.15) is 0 Å². The second-order valence-electron chi connectivity index (χ2n) is 9.99. The van der Waals surface area contributed by atoms with Gasteiger partial charge >= 0.3 is 0 Å². The highest BCUT2D eigenvalue weighted by Gasteiger charge is 2.45. The van der Waals surface area contributed by atoms with E-state index in [9.17, 15) is 19.2 Å². The predicted octanol–water partition coefficient (Wildman–Crippen LogP) is 4.15. The lowest BCUT2D eigenvalue weighted by Crippen LogP contribution is -2.24. The highest BCUT2D eigenvalue weighted by molar-refractivity contribution is 7.15. The summed E-state index contributed by atoms with van der Waals surface area (Å²) in [6.07, 6.45) is 0. The van der Waals surface area contributed by atoms with Crippen LogP contribution in [0.25, 0.3) is 22.3 Å². The summed E-state index contributed by atoms with van der Waals surface area (Å²) in [7, 11) is 6.78. The third-order valence-corrected chi connectivity index (χ3v) is 9.91. The molecular weight excluding hydrogens is 520 g/mol. The Morgan fingerprint density at radius 3 is 1.16 bits per heavy atom. The van der Waals surface area contributed by atoms with Crippen molar-refractivity contribution in [3.8, 4) is 0 Å². The van der Waals surface area contributed by atoms with Gasteiger partial charge in [0.15, 0.2) is 0 Å². The van der Waals surface area contributed by atoms with Crippen molar-refractivity contribution in [3.63, 3.8) is 0 Å². The van der Waals surface area contributed by atoms with Gasteiger partial charge in [0.2, 0.25) is 0 Å². The summed E-state index contributed by atoms with van der Waals surface area (Å²) in [5, 5.41) is 0. The van der Waals surface area contributed by atoms with Crippen LogP contribution in [0.2, 0.25) is 0 Å². The molecule has 0 atom stereocenters. The van der Waals surface area contributed by atoms with Gasteiger partial charge in [0.25, 0.3) is 23.6 Å². The number of likely N-dealkylation sites (N-methyl/N-ethyl adjacent to an activating group) is 4. The molecule has 4 aliphatic rings. The number of carbonyl (C=O) groups is 4. The minimum Gasteiger partial charge on any atom is -0.311 e. The Bertz CT molecular complexity index is 1660. The van der Waals surface area contributed by atoms with Crippen LogP contribution in [0.3, 0.4) is 0 Å². The number of thiophene rings is 2. The monoisotopic (exact) mass is 542 g/mol. The number of fused-ring (bicyclic) bond motifs is 4. The van der Waals surface area contributed by atoms with Crippen LogP contribution in [0.5, 0.6) is 0 Å². The largest absolute Gasteiger partial charge is 0.311 e. The number of amides is 4. The summed E-state index contributed by atoms with van der Waals surface area (Å²) in [6.45, 7) is 3.95. The summed E-state index contributed by atoms with van der Waals surface area (Å²) < 4.78 is 0. The number of anilines is 4. The van der Waals surface area contributed by atoms with Crippen LogP contribution in [0.4, 0.5) is 22.7 Å². The molecule has 0 radical (unpaired) electrons. The van der Waals surface area contributed by atoms with Crippen LogP contribution < -0.4 is 19.6 Å². The summed E-state index contributed by atoms with van der Waals surface area (Å²) >= 11 is 2.99. The third-order valence-electron chi connectivity index (χ3n) is 7.80. The van der Waals surface area contributed by atoms with Crippen LogP contribution >= 0.6 is 22.7 Å². The highest BCUT2D eigenvalue weighted by Crippen LogP contribution is 2.53. The van der Waals surface area contributed by atoms with Crippen LogP contribution in [0.15, 0.2) is 24.3 Å². The summed E-state index contributed by atoms with van der Waals surface area (Å²) in [4.78, 5) is 63.9. The Morgan fingerprint density at radius 2 is 0.789 bits per heavy atom. The lowest BCUT2D eigenvalue weighted by molar-refractivity contribution is -0.114. The van der Waals surface area contributed by atoms with E-state index in [0.29, 0.717) is 44.8 Å². The summed E-state index contributed by atoms with van der Waals surface area (Å²) in [5.74, 6) is -0.974. The number of benzene rings is 1. The molecule has 0 aliphatic carbocycles. The number of nitrogens with zero attached hydrogens (tertiary/aromatic N) is 4. The van der Waals surface area contributed by atoms with Crippen molar-refractivity contribution in [2.75, 3.05) is 47.8 Å². The van der Waals surface area contributed by atoms with Crippen molar-refractivity contribution in [1.82, 2.24) is 0 Å². The maximum absolute atomic E-state index is 13.6. The van der Waals surface area contributed by atoms with E-state index in [0.717, 1.165) is 30.9 Å². The molecule has 10 heteroatoms. The summed E-state index contributed by atoms with van der Waals surface area (Å²) in [5.41, 5.74) is 5.52. The quantitative estimate of drug-likeness (QED) is 0.400. The zero-order valence-electron chi connectivity index (χ0n) is 21.5. The van der Waals surface area contributed by atoms with Crippen LogP contribution in [-0.4, -0.2) is 51.8 Å². The van der Waals surface area contributed by atoms with Crippen molar-refractivity contribution in [2.45, 2.75) is 13.8 Å². The normalized spacial score (nSPS) is 21.8. The second-order valence-corrected chi connectivity index (χ2v) is 12.5. The fourth-order valence-corrected chi connectivity index (χ4v) is 8.02. The van der Waals surface area contributed by atoms with E-state index in [2.05, 4.69) is 0 Å².